The van der Waals surface area contributed by atoms with Gasteiger partial charge in [0, 0.05) is 9.17 Å². The van der Waals surface area contributed by atoms with Crippen molar-refractivity contribution in [2.24, 2.45) is 0 Å². The third-order valence-corrected chi connectivity index (χ3v) is 4.51. The largest absolute Gasteiger partial charge is 0.143 e. The first kappa shape index (κ1) is 9.22. The molecule has 0 amide bonds. The maximum absolute atomic E-state index is 3.65. The molecule has 0 radical (unpaired) electrons. The Morgan fingerprint density at radius 3 is 2.92 bits per heavy atom. The predicted molar refractivity (Wildman–Crippen MR) is 63.6 cm³/mol. The molecule has 0 unspecified atom stereocenters. The van der Waals surface area contributed by atoms with Crippen molar-refractivity contribution in [1.29, 1.82) is 0 Å². The van der Waals surface area contributed by atoms with E-state index in [4.69, 9.17) is 0 Å². The SMILES string of the molecule is CCc1cc2ccsc2c(C)c1Br. The first-order valence-corrected chi connectivity index (χ1v) is 6.06. The summed E-state index contributed by atoms with van der Waals surface area (Å²) in [4.78, 5) is 0. The zero-order chi connectivity index (χ0) is 9.42. The van der Waals surface area contributed by atoms with Crippen molar-refractivity contribution in [1.82, 2.24) is 0 Å². The van der Waals surface area contributed by atoms with Crippen LogP contribution in [0.2, 0.25) is 0 Å². The average molecular weight is 255 g/mol. The minimum Gasteiger partial charge on any atom is -0.143 e. The van der Waals surface area contributed by atoms with Gasteiger partial charge in [-0.25, -0.2) is 0 Å². The van der Waals surface area contributed by atoms with Gasteiger partial charge in [-0.05, 0) is 47.4 Å². The van der Waals surface area contributed by atoms with E-state index in [0.29, 0.717) is 0 Å². The van der Waals surface area contributed by atoms with Gasteiger partial charge in [0.15, 0.2) is 0 Å². The molecule has 0 atom stereocenters. The highest BCUT2D eigenvalue weighted by molar-refractivity contribution is 9.10. The van der Waals surface area contributed by atoms with Crippen LogP contribution >= 0.6 is 27.3 Å². The standard InChI is InChI=1S/C11H11BrS/c1-3-8-6-9-4-5-13-11(9)7(2)10(8)12/h4-6H,3H2,1-2H3. The summed E-state index contributed by atoms with van der Waals surface area (Å²) in [5.41, 5.74) is 2.78. The van der Waals surface area contributed by atoms with E-state index in [1.165, 1.54) is 25.7 Å². The van der Waals surface area contributed by atoms with Crippen LogP contribution in [-0.2, 0) is 6.42 Å². The predicted octanol–water partition coefficient (Wildman–Crippen LogP) is 4.53. The highest BCUT2D eigenvalue weighted by Crippen LogP contribution is 2.33. The molecule has 0 fully saturated rings. The van der Waals surface area contributed by atoms with Gasteiger partial charge in [0.2, 0.25) is 0 Å². The van der Waals surface area contributed by atoms with Crippen molar-refractivity contribution in [2.75, 3.05) is 0 Å². The lowest BCUT2D eigenvalue weighted by atomic mass is 10.1. The fourth-order valence-electron chi connectivity index (χ4n) is 1.59. The Kier molecular flexibility index (Phi) is 2.43. The van der Waals surface area contributed by atoms with Crippen LogP contribution in [0, 0.1) is 6.92 Å². The van der Waals surface area contributed by atoms with E-state index in [0.717, 1.165) is 6.42 Å². The molecule has 0 aliphatic rings. The molecule has 1 heterocycles. The number of benzene rings is 1. The number of rotatable bonds is 1. The molecule has 0 nitrogen and oxygen atoms in total. The van der Waals surface area contributed by atoms with Crippen molar-refractivity contribution < 1.29 is 0 Å². The number of hydrogen-bond acceptors (Lipinski definition) is 1. The minimum atomic E-state index is 1.09. The summed E-state index contributed by atoms with van der Waals surface area (Å²) in [6, 6.07) is 4.47. The summed E-state index contributed by atoms with van der Waals surface area (Å²) >= 11 is 5.47. The van der Waals surface area contributed by atoms with Crippen LogP contribution < -0.4 is 0 Å². The second kappa shape index (κ2) is 3.43. The quantitative estimate of drug-likeness (QED) is 0.702. The zero-order valence-electron chi connectivity index (χ0n) is 7.73. The summed E-state index contributed by atoms with van der Waals surface area (Å²) in [6.45, 7) is 4.37. The summed E-state index contributed by atoms with van der Waals surface area (Å²) in [5.74, 6) is 0. The normalized spacial score (nSPS) is 11.0. The van der Waals surface area contributed by atoms with Crippen molar-refractivity contribution in [3.8, 4) is 0 Å². The molecular weight excluding hydrogens is 244 g/mol. The van der Waals surface area contributed by atoms with Crippen molar-refractivity contribution >= 4 is 37.4 Å². The van der Waals surface area contributed by atoms with Gasteiger partial charge < -0.3 is 0 Å². The Hall–Kier alpha value is -0.340. The molecule has 0 aliphatic carbocycles. The van der Waals surface area contributed by atoms with E-state index in [1.807, 2.05) is 11.3 Å². The van der Waals surface area contributed by atoms with E-state index >= 15 is 0 Å². The maximum atomic E-state index is 3.65. The van der Waals surface area contributed by atoms with E-state index in [1.54, 1.807) is 0 Å². The summed E-state index contributed by atoms with van der Waals surface area (Å²) in [7, 11) is 0. The van der Waals surface area contributed by atoms with Gasteiger partial charge in [-0.2, -0.15) is 0 Å². The van der Waals surface area contributed by atoms with Crippen molar-refractivity contribution in [3.05, 3.63) is 33.1 Å². The fraction of sp³-hybridized carbons (Fsp3) is 0.273. The van der Waals surface area contributed by atoms with Crippen LogP contribution in [0.3, 0.4) is 0 Å². The third-order valence-electron chi connectivity index (χ3n) is 2.36. The van der Waals surface area contributed by atoms with Gasteiger partial charge >= 0.3 is 0 Å². The van der Waals surface area contributed by atoms with Gasteiger partial charge in [-0.15, -0.1) is 11.3 Å². The van der Waals surface area contributed by atoms with Crippen molar-refractivity contribution in [3.63, 3.8) is 0 Å². The van der Waals surface area contributed by atoms with Gasteiger partial charge in [0.25, 0.3) is 0 Å². The molecule has 0 spiro atoms. The number of fused-ring (bicyclic) bond motifs is 1. The molecule has 0 bridgehead atoms. The highest BCUT2D eigenvalue weighted by atomic mass is 79.9. The molecule has 2 rings (SSSR count). The molecule has 0 N–H and O–H groups in total. The van der Waals surface area contributed by atoms with Crippen LogP contribution in [0.4, 0.5) is 0 Å². The summed E-state index contributed by atoms with van der Waals surface area (Å²) < 4.78 is 2.69. The smallest absolute Gasteiger partial charge is 0.0383 e. The van der Waals surface area contributed by atoms with Crippen molar-refractivity contribution in [2.45, 2.75) is 20.3 Å². The number of thiophene rings is 1. The van der Waals surface area contributed by atoms with Crippen LogP contribution in [0.25, 0.3) is 10.1 Å². The van der Waals surface area contributed by atoms with E-state index in [2.05, 4.69) is 47.3 Å². The first-order chi connectivity index (χ1) is 6.24. The van der Waals surface area contributed by atoms with Crippen LogP contribution in [0.15, 0.2) is 22.0 Å². The van der Waals surface area contributed by atoms with Gasteiger partial charge in [-0.3, -0.25) is 0 Å². The lowest BCUT2D eigenvalue weighted by Gasteiger charge is -2.06. The molecule has 2 aromatic rings. The molecular formula is C11H11BrS. The molecule has 2 heteroatoms. The summed E-state index contributed by atoms with van der Waals surface area (Å²) in [5, 5.41) is 3.53. The van der Waals surface area contributed by atoms with E-state index in [-0.39, 0.29) is 0 Å². The van der Waals surface area contributed by atoms with Gasteiger partial charge in [0.05, 0.1) is 0 Å². The Morgan fingerprint density at radius 1 is 1.46 bits per heavy atom. The molecule has 1 aromatic heterocycles. The zero-order valence-corrected chi connectivity index (χ0v) is 10.1. The molecule has 68 valence electrons. The van der Waals surface area contributed by atoms with Crippen LogP contribution in [0.5, 0.6) is 0 Å². The first-order valence-electron chi connectivity index (χ1n) is 4.39. The highest BCUT2D eigenvalue weighted by Gasteiger charge is 2.07. The Morgan fingerprint density at radius 2 is 2.23 bits per heavy atom. The van der Waals surface area contributed by atoms with Crippen LogP contribution in [0.1, 0.15) is 18.1 Å². The van der Waals surface area contributed by atoms with Crippen LogP contribution in [-0.4, -0.2) is 0 Å². The lowest BCUT2D eigenvalue weighted by Crippen LogP contribution is -1.86. The van der Waals surface area contributed by atoms with Gasteiger partial charge in [0.1, 0.15) is 0 Å². The monoisotopic (exact) mass is 254 g/mol. The molecule has 0 saturated heterocycles. The Bertz CT molecular complexity index is 443. The Balaban J connectivity index is 2.83. The summed E-state index contributed by atoms with van der Waals surface area (Å²) in [6.07, 6.45) is 1.09. The number of hydrogen-bond donors (Lipinski definition) is 0. The number of halogens is 1. The average Bonchev–Trinajstić information content (AvgIpc) is 2.59. The lowest BCUT2D eigenvalue weighted by molar-refractivity contribution is 1.13. The second-order valence-electron chi connectivity index (χ2n) is 3.17. The minimum absolute atomic E-state index is 1.09. The molecule has 1 aromatic carbocycles. The third kappa shape index (κ3) is 1.42. The topological polar surface area (TPSA) is 0 Å². The molecule has 13 heavy (non-hydrogen) atoms. The molecule has 0 saturated carbocycles. The molecule has 0 aliphatic heterocycles. The Labute approximate surface area is 90.7 Å². The maximum Gasteiger partial charge on any atom is 0.0383 e. The van der Waals surface area contributed by atoms with E-state index < -0.39 is 0 Å². The number of aryl methyl sites for hydroxylation is 2. The van der Waals surface area contributed by atoms with E-state index in [9.17, 15) is 0 Å². The van der Waals surface area contributed by atoms with Gasteiger partial charge in [-0.1, -0.05) is 22.9 Å². The second-order valence-corrected chi connectivity index (χ2v) is 4.88. The fourth-order valence-corrected chi connectivity index (χ4v) is 3.20.